The van der Waals surface area contributed by atoms with Gasteiger partial charge in [0, 0.05) is 18.6 Å². The maximum absolute atomic E-state index is 12.3. The Hall–Kier alpha value is -1.63. The van der Waals surface area contributed by atoms with Gasteiger partial charge >= 0.3 is 0 Å². The number of hydrogen-bond acceptors (Lipinski definition) is 5. The minimum absolute atomic E-state index is 0.00119. The van der Waals surface area contributed by atoms with Crippen LogP contribution in [-0.2, 0) is 9.84 Å². The van der Waals surface area contributed by atoms with Gasteiger partial charge in [-0.1, -0.05) is 19.3 Å². The predicted octanol–water partition coefficient (Wildman–Crippen LogP) is 2.16. The molecule has 6 nitrogen and oxygen atoms in total. The van der Waals surface area contributed by atoms with Crippen LogP contribution >= 0.6 is 0 Å². The standard InChI is InChI=1S/C18H27N3O3S/c1-2-21(16-10-11-25(23,24)13-16)15-8-9-17(19-12-15)18(22)20-14-6-4-3-5-7-14/h8-9,12,14,16H,2-7,10-11,13H2,1H3,(H,20,22). The van der Waals surface area contributed by atoms with Crippen molar-refractivity contribution in [1.29, 1.82) is 0 Å². The topological polar surface area (TPSA) is 79.4 Å². The number of nitrogens with one attached hydrogen (secondary N) is 1. The lowest BCUT2D eigenvalue weighted by atomic mass is 9.95. The normalized spacial score (nSPS) is 23.3. The first-order valence-electron chi connectivity index (χ1n) is 9.22. The number of pyridine rings is 1. The minimum atomic E-state index is -2.92. The molecular weight excluding hydrogens is 338 g/mol. The first-order valence-corrected chi connectivity index (χ1v) is 11.0. The summed E-state index contributed by atoms with van der Waals surface area (Å²) in [6.45, 7) is 2.73. The van der Waals surface area contributed by atoms with E-state index in [1.165, 1.54) is 19.3 Å². The molecule has 1 aromatic rings. The molecule has 1 amide bonds. The lowest BCUT2D eigenvalue weighted by Crippen LogP contribution is -2.37. The molecule has 1 aromatic heterocycles. The molecule has 138 valence electrons. The van der Waals surface area contributed by atoms with Crippen LogP contribution in [0.1, 0.15) is 55.9 Å². The quantitative estimate of drug-likeness (QED) is 0.865. The molecule has 1 aliphatic heterocycles. The number of sulfone groups is 1. The van der Waals surface area contributed by atoms with Crippen LogP contribution in [0, 0.1) is 0 Å². The zero-order valence-electron chi connectivity index (χ0n) is 14.8. The maximum atomic E-state index is 12.3. The molecule has 2 heterocycles. The van der Waals surface area contributed by atoms with Gasteiger partial charge in [-0.05, 0) is 38.3 Å². The second-order valence-corrected chi connectivity index (χ2v) is 9.28. The lowest BCUT2D eigenvalue weighted by Gasteiger charge is -2.29. The number of rotatable bonds is 5. The van der Waals surface area contributed by atoms with E-state index in [0.717, 1.165) is 25.1 Å². The van der Waals surface area contributed by atoms with Gasteiger partial charge in [-0.2, -0.15) is 0 Å². The Labute approximate surface area is 149 Å². The van der Waals surface area contributed by atoms with Crippen molar-refractivity contribution in [1.82, 2.24) is 10.3 Å². The van der Waals surface area contributed by atoms with Crippen LogP contribution in [0.5, 0.6) is 0 Å². The van der Waals surface area contributed by atoms with Gasteiger partial charge in [-0.15, -0.1) is 0 Å². The van der Waals surface area contributed by atoms with E-state index < -0.39 is 9.84 Å². The molecule has 25 heavy (non-hydrogen) atoms. The molecule has 1 saturated carbocycles. The summed E-state index contributed by atoms with van der Waals surface area (Å²) in [5.74, 6) is 0.332. The number of amides is 1. The molecule has 0 radical (unpaired) electrons. The van der Waals surface area contributed by atoms with Gasteiger partial charge in [0.05, 0.1) is 23.4 Å². The van der Waals surface area contributed by atoms with Gasteiger partial charge in [0.1, 0.15) is 5.69 Å². The molecule has 1 N–H and O–H groups in total. The molecule has 0 aromatic carbocycles. The number of carbonyl (C=O) groups is 1. The van der Waals surface area contributed by atoms with E-state index in [1.54, 1.807) is 12.3 Å². The molecule has 2 aliphatic rings. The van der Waals surface area contributed by atoms with Crippen molar-refractivity contribution >= 4 is 21.4 Å². The van der Waals surface area contributed by atoms with Gasteiger partial charge in [0.25, 0.3) is 5.91 Å². The van der Waals surface area contributed by atoms with Crippen molar-refractivity contribution in [3.63, 3.8) is 0 Å². The summed E-state index contributed by atoms with van der Waals surface area (Å²) in [5, 5.41) is 3.07. The number of hydrogen-bond donors (Lipinski definition) is 1. The van der Waals surface area contributed by atoms with Gasteiger partial charge in [0.15, 0.2) is 9.84 Å². The van der Waals surface area contributed by atoms with E-state index >= 15 is 0 Å². The van der Waals surface area contributed by atoms with Crippen LogP contribution in [0.25, 0.3) is 0 Å². The Morgan fingerprint density at radius 1 is 1.24 bits per heavy atom. The Morgan fingerprint density at radius 2 is 2.00 bits per heavy atom. The average Bonchev–Trinajstić information content (AvgIpc) is 2.97. The van der Waals surface area contributed by atoms with Gasteiger partial charge in [-0.25, -0.2) is 13.4 Å². The third-order valence-corrected chi connectivity index (χ3v) is 6.99. The largest absolute Gasteiger partial charge is 0.367 e. The summed E-state index contributed by atoms with van der Waals surface area (Å²) in [6, 6.07) is 3.87. The molecule has 7 heteroatoms. The van der Waals surface area contributed by atoms with E-state index in [4.69, 9.17) is 0 Å². The smallest absolute Gasteiger partial charge is 0.270 e. The summed E-state index contributed by atoms with van der Waals surface area (Å²) in [4.78, 5) is 18.7. The van der Waals surface area contributed by atoms with Crippen LogP contribution < -0.4 is 10.2 Å². The molecule has 2 fully saturated rings. The van der Waals surface area contributed by atoms with Crippen LogP contribution in [0.4, 0.5) is 5.69 Å². The fourth-order valence-electron chi connectivity index (χ4n) is 3.87. The Balaban J connectivity index is 1.65. The Bertz CT molecular complexity index is 697. The number of anilines is 1. The van der Waals surface area contributed by atoms with Crippen molar-refractivity contribution in [2.75, 3.05) is 23.0 Å². The van der Waals surface area contributed by atoms with Gasteiger partial charge < -0.3 is 10.2 Å². The Morgan fingerprint density at radius 3 is 2.56 bits per heavy atom. The second kappa shape index (κ2) is 7.72. The highest BCUT2D eigenvalue weighted by molar-refractivity contribution is 7.91. The zero-order chi connectivity index (χ0) is 17.9. The third kappa shape index (κ3) is 4.51. The number of nitrogens with zero attached hydrogens (tertiary/aromatic N) is 2. The third-order valence-electron chi connectivity index (χ3n) is 5.24. The monoisotopic (exact) mass is 365 g/mol. The number of carbonyl (C=O) groups excluding carboxylic acids is 1. The molecule has 1 aliphatic carbocycles. The van der Waals surface area contributed by atoms with Crippen LogP contribution in [0.15, 0.2) is 18.3 Å². The van der Waals surface area contributed by atoms with Crippen molar-refractivity contribution < 1.29 is 13.2 Å². The van der Waals surface area contributed by atoms with E-state index in [1.807, 2.05) is 13.0 Å². The Kier molecular flexibility index (Phi) is 5.61. The van der Waals surface area contributed by atoms with Crippen LogP contribution in [0.2, 0.25) is 0 Å². The van der Waals surface area contributed by atoms with E-state index in [-0.39, 0.29) is 29.5 Å². The predicted molar refractivity (Wildman–Crippen MR) is 98.7 cm³/mol. The minimum Gasteiger partial charge on any atom is -0.367 e. The highest BCUT2D eigenvalue weighted by Crippen LogP contribution is 2.24. The molecule has 0 spiro atoms. The maximum Gasteiger partial charge on any atom is 0.270 e. The van der Waals surface area contributed by atoms with Crippen molar-refractivity contribution in [3.05, 3.63) is 24.0 Å². The molecule has 1 unspecified atom stereocenters. The van der Waals surface area contributed by atoms with E-state index in [9.17, 15) is 13.2 Å². The highest BCUT2D eigenvalue weighted by Gasteiger charge is 2.32. The zero-order valence-corrected chi connectivity index (χ0v) is 15.6. The SMILES string of the molecule is CCN(c1ccc(C(=O)NC2CCCCC2)nc1)C1CCS(=O)(=O)C1. The molecule has 1 saturated heterocycles. The fourth-order valence-corrected chi connectivity index (χ4v) is 5.60. The highest BCUT2D eigenvalue weighted by atomic mass is 32.2. The van der Waals surface area contributed by atoms with Crippen LogP contribution in [-0.4, -0.2) is 49.4 Å². The molecule has 3 rings (SSSR count). The number of aromatic nitrogens is 1. The van der Waals surface area contributed by atoms with Crippen molar-refractivity contribution in [2.45, 2.75) is 57.5 Å². The molecule has 0 bridgehead atoms. The molecular formula is C18H27N3O3S. The summed E-state index contributed by atoms with van der Waals surface area (Å²) < 4.78 is 23.5. The summed E-state index contributed by atoms with van der Waals surface area (Å²) in [6.07, 6.45) is 8.03. The first kappa shape index (κ1) is 18.2. The fraction of sp³-hybridized carbons (Fsp3) is 0.667. The first-order chi connectivity index (χ1) is 12.0. The van der Waals surface area contributed by atoms with E-state index in [2.05, 4.69) is 15.2 Å². The average molecular weight is 365 g/mol. The van der Waals surface area contributed by atoms with Crippen molar-refractivity contribution in [2.24, 2.45) is 0 Å². The lowest BCUT2D eigenvalue weighted by molar-refractivity contribution is 0.0922. The summed E-state index contributed by atoms with van der Waals surface area (Å²) in [7, 11) is -2.92. The summed E-state index contributed by atoms with van der Waals surface area (Å²) >= 11 is 0. The molecule has 1 atom stereocenters. The van der Waals surface area contributed by atoms with Crippen molar-refractivity contribution in [3.8, 4) is 0 Å². The second-order valence-electron chi connectivity index (χ2n) is 7.05. The van der Waals surface area contributed by atoms with Crippen LogP contribution in [0.3, 0.4) is 0 Å². The van der Waals surface area contributed by atoms with E-state index in [0.29, 0.717) is 12.1 Å². The summed E-state index contributed by atoms with van der Waals surface area (Å²) in [5.41, 5.74) is 1.29. The van der Waals surface area contributed by atoms with Gasteiger partial charge in [0.2, 0.25) is 0 Å². The van der Waals surface area contributed by atoms with Gasteiger partial charge in [-0.3, -0.25) is 4.79 Å².